The van der Waals surface area contributed by atoms with Gasteiger partial charge in [0.2, 0.25) is 0 Å². The zero-order chi connectivity index (χ0) is 14.7. The number of rotatable bonds is 3. The Kier molecular flexibility index (Phi) is 4.73. The predicted octanol–water partition coefficient (Wildman–Crippen LogP) is 2.39. The lowest BCUT2D eigenvalue weighted by Crippen LogP contribution is -2.40. The van der Waals surface area contributed by atoms with Crippen molar-refractivity contribution in [1.29, 1.82) is 0 Å². The molecule has 0 bridgehead atoms. The van der Waals surface area contributed by atoms with Gasteiger partial charge in [0, 0.05) is 20.6 Å². The summed E-state index contributed by atoms with van der Waals surface area (Å²) in [6.07, 6.45) is 1.77. The molecule has 2 N–H and O–H groups in total. The van der Waals surface area contributed by atoms with Crippen molar-refractivity contribution in [2.24, 2.45) is 0 Å². The average molecular weight is 298 g/mol. The Morgan fingerprint density at radius 2 is 2.30 bits per heavy atom. The van der Waals surface area contributed by atoms with Gasteiger partial charge in [0.15, 0.2) is 0 Å². The van der Waals surface area contributed by atoms with Gasteiger partial charge in [-0.1, -0.05) is 17.7 Å². The van der Waals surface area contributed by atoms with E-state index < -0.39 is 0 Å². The molecule has 0 aliphatic carbocycles. The van der Waals surface area contributed by atoms with Gasteiger partial charge in [-0.3, -0.25) is 0 Å². The molecule has 1 fully saturated rings. The molecule has 20 heavy (non-hydrogen) atoms. The lowest BCUT2D eigenvalue weighted by molar-refractivity contribution is 0.166. The van der Waals surface area contributed by atoms with E-state index in [0.717, 1.165) is 18.5 Å². The quantitative estimate of drug-likeness (QED) is 0.901. The molecule has 5 nitrogen and oxygen atoms in total. The molecule has 1 saturated heterocycles. The summed E-state index contributed by atoms with van der Waals surface area (Å²) in [6.45, 7) is 0.679. The lowest BCUT2D eigenvalue weighted by atomic mass is 10.2. The lowest BCUT2D eigenvalue weighted by Gasteiger charge is -2.25. The number of aliphatic hydroxyl groups is 1. The summed E-state index contributed by atoms with van der Waals surface area (Å²) >= 11 is 6.18. The summed E-state index contributed by atoms with van der Waals surface area (Å²) in [5.41, 5.74) is 1.46. The number of nitrogens with one attached hydrogen (secondary N) is 1. The van der Waals surface area contributed by atoms with Crippen molar-refractivity contribution in [2.45, 2.75) is 18.9 Å². The standard InChI is InChI=1S/C14H20ClN3O2/c1-17(2)13-11(15)6-3-7-12(13)16-14(20)18-8-4-5-10(18)9-19/h3,6-7,10,19H,4-5,8-9H2,1-2H3,(H,16,20)/t10-/m0/s1. The van der Waals surface area contributed by atoms with Crippen molar-refractivity contribution < 1.29 is 9.90 Å². The average Bonchev–Trinajstić information content (AvgIpc) is 2.86. The number of anilines is 2. The normalized spacial score (nSPS) is 18.2. The minimum absolute atomic E-state index is 0.00348. The molecule has 2 rings (SSSR count). The van der Waals surface area contributed by atoms with Gasteiger partial charge in [0.05, 0.1) is 29.0 Å². The van der Waals surface area contributed by atoms with E-state index in [1.54, 1.807) is 17.0 Å². The first-order valence-corrected chi connectivity index (χ1v) is 7.06. The SMILES string of the molecule is CN(C)c1c(Cl)cccc1NC(=O)N1CCC[C@H]1CO. The number of nitrogens with zero attached hydrogens (tertiary/aromatic N) is 2. The highest BCUT2D eigenvalue weighted by molar-refractivity contribution is 6.34. The van der Waals surface area contributed by atoms with Crippen LogP contribution in [0.25, 0.3) is 0 Å². The Hall–Kier alpha value is -1.46. The molecule has 1 aliphatic heterocycles. The number of halogens is 1. The summed E-state index contributed by atoms with van der Waals surface area (Å²) in [7, 11) is 3.76. The van der Waals surface area contributed by atoms with Crippen LogP contribution < -0.4 is 10.2 Å². The van der Waals surface area contributed by atoms with Crippen LogP contribution in [0, 0.1) is 0 Å². The van der Waals surface area contributed by atoms with Gasteiger partial charge in [0.1, 0.15) is 0 Å². The van der Waals surface area contributed by atoms with Crippen LogP contribution in [-0.2, 0) is 0 Å². The van der Waals surface area contributed by atoms with E-state index in [9.17, 15) is 9.90 Å². The number of hydrogen-bond donors (Lipinski definition) is 2. The van der Waals surface area contributed by atoms with Crippen molar-refractivity contribution in [3.05, 3.63) is 23.2 Å². The first kappa shape index (κ1) is 14.9. The van der Waals surface area contributed by atoms with E-state index in [1.807, 2.05) is 25.1 Å². The maximum absolute atomic E-state index is 12.3. The predicted molar refractivity (Wildman–Crippen MR) is 81.6 cm³/mol. The Labute approximate surface area is 124 Å². The zero-order valence-electron chi connectivity index (χ0n) is 11.8. The third kappa shape index (κ3) is 2.99. The molecule has 0 radical (unpaired) electrons. The van der Waals surface area contributed by atoms with Gasteiger partial charge in [-0.15, -0.1) is 0 Å². The molecule has 1 aromatic rings. The molecule has 0 aromatic heterocycles. The molecule has 1 aliphatic rings. The Bertz CT molecular complexity index is 493. The number of benzene rings is 1. The van der Waals surface area contributed by atoms with Gasteiger partial charge in [0.25, 0.3) is 0 Å². The number of aliphatic hydroxyl groups excluding tert-OH is 1. The fraction of sp³-hybridized carbons (Fsp3) is 0.500. The summed E-state index contributed by atoms with van der Waals surface area (Å²) < 4.78 is 0. The van der Waals surface area contributed by atoms with Crippen LogP contribution in [0.5, 0.6) is 0 Å². The van der Waals surface area contributed by atoms with Crippen molar-refractivity contribution in [2.75, 3.05) is 37.5 Å². The van der Waals surface area contributed by atoms with Crippen molar-refractivity contribution in [1.82, 2.24) is 4.90 Å². The topological polar surface area (TPSA) is 55.8 Å². The molecule has 0 unspecified atom stereocenters. The van der Waals surface area contributed by atoms with Crippen LogP contribution in [0.1, 0.15) is 12.8 Å². The van der Waals surface area contributed by atoms with E-state index in [4.69, 9.17) is 11.6 Å². The minimum atomic E-state index is -0.188. The first-order valence-electron chi connectivity index (χ1n) is 6.69. The summed E-state index contributed by atoms with van der Waals surface area (Å²) in [6, 6.07) is 5.14. The Morgan fingerprint density at radius 1 is 1.55 bits per heavy atom. The number of hydrogen-bond acceptors (Lipinski definition) is 3. The maximum atomic E-state index is 12.3. The summed E-state index contributed by atoms with van der Waals surface area (Å²) in [4.78, 5) is 15.9. The molecule has 2 amide bonds. The molecule has 1 atom stereocenters. The number of amides is 2. The number of carbonyl (C=O) groups is 1. The van der Waals surface area contributed by atoms with E-state index in [2.05, 4.69) is 5.32 Å². The van der Waals surface area contributed by atoms with E-state index in [-0.39, 0.29) is 18.7 Å². The van der Waals surface area contributed by atoms with Crippen LogP contribution >= 0.6 is 11.6 Å². The zero-order valence-corrected chi connectivity index (χ0v) is 12.5. The third-order valence-electron chi connectivity index (χ3n) is 3.52. The third-order valence-corrected chi connectivity index (χ3v) is 3.83. The molecular formula is C14H20ClN3O2. The van der Waals surface area contributed by atoms with Crippen molar-refractivity contribution in [3.63, 3.8) is 0 Å². The van der Waals surface area contributed by atoms with Gasteiger partial charge in [-0.05, 0) is 25.0 Å². The highest BCUT2D eigenvalue weighted by Gasteiger charge is 2.28. The second-order valence-corrected chi connectivity index (χ2v) is 5.54. The van der Waals surface area contributed by atoms with Gasteiger partial charge in [-0.25, -0.2) is 4.79 Å². The Balaban J connectivity index is 2.18. The number of para-hydroxylation sites is 1. The molecule has 6 heteroatoms. The van der Waals surface area contributed by atoms with Crippen molar-refractivity contribution in [3.8, 4) is 0 Å². The largest absolute Gasteiger partial charge is 0.394 e. The van der Waals surface area contributed by atoms with Gasteiger partial charge in [-0.2, -0.15) is 0 Å². The van der Waals surface area contributed by atoms with E-state index >= 15 is 0 Å². The number of carbonyl (C=O) groups excluding carboxylic acids is 1. The van der Waals surface area contributed by atoms with Crippen LogP contribution in [0.4, 0.5) is 16.2 Å². The monoisotopic (exact) mass is 297 g/mol. The summed E-state index contributed by atoms with van der Waals surface area (Å²) in [5.74, 6) is 0. The molecule has 0 spiro atoms. The molecule has 110 valence electrons. The van der Waals surface area contributed by atoms with Gasteiger partial charge >= 0.3 is 6.03 Å². The number of urea groups is 1. The van der Waals surface area contributed by atoms with Crippen LogP contribution in [0.3, 0.4) is 0 Å². The minimum Gasteiger partial charge on any atom is -0.394 e. The van der Waals surface area contributed by atoms with Crippen molar-refractivity contribution >= 4 is 29.0 Å². The molecule has 1 aromatic carbocycles. The van der Waals surface area contributed by atoms with Crippen LogP contribution in [0.2, 0.25) is 5.02 Å². The second kappa shape index (κ2) is 6.33. The fourth-order valence-corrected chi connectivity index (χ4v) is 2.89. The second-order valence-electron chi connectivity index (χ2n) is 5.13. The van der Waals surface area contributed by atoms with Gasteiger partial charge < -0.3 is 20.2 Å². The maximum Gasteiger partial charge on any atom is 0.322 e. The summed E-state index contributed by atoms with van der Waals surface area (Å²) in [5, 5.41) is 12.8. The smallest absolute Gasteiger partial charge is 0.322 e. The Morgan fingerprint density at radius 3 is 2.95 bits per heavy atom. The first-order chi connectivity index (χ1) is 9.54. The van der Waals surface area contributed by atoms with Crippen LogP contribution in [0.15, 0.2) is 18.2 Å². The highest BCUT2D eigenvalue weighted by Crippen LogP contribution is 2.33. The van der Waals surface area contributed by atoms with E-state index in [1.165, 1.54) is 0 Å². The van der Waals surface area contributed by atoms with E-state index in [0.29, 0.717) is 17.3 Å². The molecular weight excluding hydrogens is 278 g/mol. The highest BCUT2D eigenvalue weighted by atomic mass is 35.5. The van der Waals surface area contributed by atoms with Crippen LogP contribution in [-0.4, -0.2) is 49.3 Å². The number of likely N-dealkylation sites (tertiary alicyclic amines) is 1. The fourth-order valence-electron chi connectivity index (χ4n) is 2.55. The molecule has 0 saturated carbocycles. The molecule has 1 heterocycles.